The van der Waals surface area contributed by atoms with Gasteiger partial charge in [0.1, 0.15) is 10.6 Å². The van der Waals surface area contributed by atoms with E-state index in [2.05, 4.69) is 15.9 Å². The van der Waals surface area contributed by atoms with Crippen LogP contribution in [0, 0.1) is 17.1 Å². The predicted octanol–water partition coefficient (Wildman–Crippen LogP) is 3.83. The molecule has 0 saturated carbocycles. The quantitative estimate of drug-likeness (QED) is 0.777. The molecule has 1 aromatic carbocycles. The van der Waals surface area contributed by atoms with E-state index in [1.54, 1.807) is 25.2 Å². The van der Waals surface area contributed by atoms with Gasteiger partial charge in [-0.2, -0.15) is 5.26 Å². The summed E-state index contributed by atoms with van der Waals surface area (Å²) in [6, 6.07) is 5.88. The lowest BCUT2D eigenvalue weighted by molar-refractivity contribution is 0.552. The van der Waals surface area contributed by atoms with E-state index in [9.17, 15) is 12.8 Å². The predicted molar refractivity (Wildman–Crippen MR) is 90.1 cm³/mol. The number of aromatic nitrogens is 1. The number of allylic oxidation sites excluding steroid dienone is 3. The Hall–Kier alpha value is -1.91. The van der Waals surface area contributed by atoms with E-state index >= 15 is 0 Å². The molecule has 1 atom stereocenters. The average molecular weight is 395 g/mol. The van der Waals surface area contributed by atoms with Gasteiger partial charge in [-0.15, -0.1) is 0 Å². The van der Waals surface area contributed by atoms with E-state index in [1.165, 1.54) is 18.3 Å². The highest BCUT2D eigenvalue weighted by atomic mass is 79.9. The highest BCUT2D eigenvalue weighted by Gasteiger charge is 2.40. The lowest BCUT2D eigenvalue weighted by Gasteiger charge is -2.28. The van der Waals surface area contributed by atoms with Crippen molar-refractivity contribution in [2.45, 2.75) is 18.1 Å². The van der Waals surface area contributed by atoms with Crippen molar-refractivity contribution in [3.63, 3.8) is 0 Å². The van der Waals surface area contributed by atoms with Gasteiger partial charge in [0.05, 0.1) is 17.1 Å². The topological polar surface area (TPSA) is 62.9 Å². The molecule has 0 radical (unpaired) electrons. The SMILES string of the molecule is CC1(S(=O)(=O)n2ccc3cc(C#N)cc(F)c32)C=CC=C(Br)C1. The molecule has 1 aromatic heterocycles. The summed E-state index contributed by atoms with van der Waals surface area (Å²) in [5.41, 5.74) is 0.115. The Morgan fingerprint density at radius 2 is 2.17 bits per heavy atom. The van der Waals surface area contributed by atoms with Crippen LogP contribution in [-0.4, -0.2) is 17.1 Å². The molecule has 0 aliphatic heterocycles. The molecule has 0 N–H and O–H groups in total. The zero-order valence-corrected chi connectivity index (χ0v) is 14.5. The average Bonchev–Trinajstić information content (AvgIpc) is 2.91. The van der Waals surface area contributed by atoms with Crippen LogP contribution in [0.15, 0.2) is 47.1 Å². The largest absolute Gasteiger partial charge is 0.248 e. The van der Waals surface area contributed by atoms with Crippen molar-refractivity contribution in [1.29, 1.82) is 5.26 Å². The number of benzene rings is 1. The Morgan fingerprint density at radius 3 is 2.83 bits per heavy atom. The van der Waals surface area contributed by atoms with Crippen LogP contribution in [0.5, 0.6) is 0 Å². The minimum absolute atomic E-state index is 0.0377. The second kappa shape index (κ2) is 5.32. The fraction of sp³-hybridized carbons (Fsp3) is 0.188. The molecule has 0 bridgehead atoms. The maximum absolute atomic E-state index is 14.4. The second-order valence-corrected chi connectivity index (χ2v) is 8.88. The summed E-state index contributed by atoms with van der Waals surface area (Å²) in [5, 5.41) is 9.28. The van der Waals surface area contributed by atoms with Crippen molar-refractivity contribution in [1.82, 2.24) is 3.97 Å². The number of hydrogen-bond acceptors (Lipinski definition) is 3. The van der Waals surface area contributed by atoms with Crippen LogP contribution in [-0.2, 0) is 10.0 Å². The molecule has 0 amide bonds. The molecular weight excluding hydrogens is 383 g/mol. The Kier molecular flexibility index (Phi) is 3.69. The Morgan fingerprint density at radius 1 is 1.43 bits per heavy atom. The van der Waals surface area contributed by atoms with Crippen LogP contribution >= 0.6 is 15.9 Å². The first-order chi connectivity index (χ1) is 10.8. The maximum Gasteiger partial charge on any atom is 0.248 e. The number of rotatable bonds is 2. The first-order valence-electron chi connectivity index (χ1n) is 6.78. The summed E-state index contributed by atoms with van der Waals surface area (Å²) >= 11 is 3.33. The minimum atomic E-state index is -3.88. The highest BCUT2D eigenvalue weighted by Crippen LogP contribution is 2.36. The third kappa shape index (κ3) is 2.42. The summed E-state index contributed by atoms with van der Waals surface area (Å²) < 4.78 is 41.0. The maximum atomic E-state index is 14.4. The second-order valence-electron chi connectivity index (χ2n) is 5.59. The number of fused-ring (bicyclic) bond motifs is 1. The summed E-state index contributed by atoms with van der Waals surface area (Å²) in [7, 11) is -3.88. The van der Waals surface area contributed by atoms with Crippen molar-refractivity contribution < 1.29 is 12.8 Å². The number of hydrogen-bond donors (Lipinski definition) is 0. The molecule has 1 heterocycles. The molecule has 1 unspecified atom stereocenters. The van der Waals surface area contributed by atoms with Gasteiger partial charge in [-0.25, -0.2) is 16.8 Å². The van der Waals surface area contributed by atoms with Crippen molar-refractivity contribution >= 4 is 36.9 Å². The lowest BCUT2D eigenvalue weighted by atomic mass is 10.0. The minimum Gasteiger partial charge on any atom is -0.241 e. The molecular formula is C16H12BrFN2O2S. The van der Waals surface area contributed by atoms with Gasteiger partial charge in [0.25, 0.3) is 0 Å². The standard InChI is InChI=1S/C16H12BrFN2O2S/c1-16(5-2-3-13(17)9-16)23(21,22)20-6-4-12-7-11(10-19)8-14(18)15(12)20/h2-8H,9H2,1H3. The van der Waals surface area contributed by atoms with Crippen LogP contribution < -0.4 is 0 Å². The summed E-state index contributed by atoms with van der Waals surface area (Å²) in [4.78, 5) is 0. The van der Waals surface area contributed by atoms with Crippen molar-refractivity contribution in [2.75, 3.05) is 0 Å². The molecule has 1 aliphatic rings. The molecule has 4 nitrogen and oxygen atoms in total. The normalized spacial score (nSPS) is 21.2. The first kappa shape index (κ1) is 16.0. The molecule has 0 spiro atoms. The highest BCUT2D eigenvalue weighted by molar-refractivity contribution is 9.11. The van der Waals surface area contributed by atoms with E-state index in [0.717, 1.165) is 14.5 Å². The van der Waals surface area contributed by atoms with Crippen LogP contribution in [0.25, 0.3) is 10.9 Å². The fourth-order valence-electron chi connectivity index (χ4n) is 2.68. The first-order valence-corrected chi connectivity index (χ1v) is 9.01. The number of nitrogens with zero attached hydrogens (tertiary/aromatic N) is 2. The van der Waals surface area contributed by atoms with E-state index in [-0.39, 0.29) is 17.5 Å². The molecule has 0 fully saturated rings. The monoisotopic (exact) mass is 394 g/mol. The van der Waals surface area contributed by atoms with Crippen LogP contribution in [0.3, 0.4) is 0 Å². The summed E-state index contributed by atoms with van der Waals surface area (Å²) in [5.74, 6) is -0.731. The number of halogens is 2. The number of nitriles is 1. The molecule has 118 valence electrons. The third-order valence-electron chi connectivity index (χ3n) is 3.93. The van der Waals surface area contributed by atoms with Gasteiger partial charge in [0.2, 0.25) is 10.0 Å². The van der Waals surface area contributed by atoms with Gasteiger partial charge in [-0.3, -0.25) is 0 Å². The zero-order valence-electron chi connectivity index (χ0n) is 12.1. The van der Waals surface area contributed by atoms with Gasteiger partial charge < -0.3 is 0 Å². The molecule has 1 aliphatic carbocycles. The van der Waals surface area contributed by atoms with Crippen LogP contribution in [0.2, 0.25) is 0 Å². The van der Waals surface area contributed by atoms with E-state index in [1.807, 2.05) is 6.07 Å². The zero-order chi connectivity index (χ0) is 16.8. The van der Waals surface area contributed by atoms with Crippen molar-refractivity contribution in [2.24, 2.45) is 0 Å². The molecule has 23 heavy (non-hydrogen) atoms. The Labute approximate surface area is 141 Å². The van der Waals surface area contributed by atoms with Gasteiger partial charge in [-0.1, -0.05) is 34.2 Å². The van der Waals surface area contributed by atoms with Gasteiger partial charge in [0.15, 0.2) is 0 Å². The van der Waals surface area contributed by atoms with E-state index < -0.39 is 20.6 Å². The molecule has 0 saturated heterocycles. The fourth-order valence-corrected chi connectivity index (χ4v) is 5.29. The van der Waals surface area contributed by atoms with Crippen molar-refractivity contribution in [3.05, 3.63) is 58.5 Å². The molecule has 7 heteroatoms. The molecule has 2 aromatic rings. The Bertz CT molecular complexity index is 1010. The van der Waals surface area contributed by atoms with Crippen LogP contribution in [0.4, 0.5) is 4.39 Å². The molecule has 3 rings (SSSR count). The Balaban J connectivity index is 2.23. The van der Waals surface area contributed by atoms with Gasteiger partial charge >= 0.3 is 0 Å². The third-order valence-corrected chi connectivity index (χ3v) is 6.75. The van der Waals surface area contributed by atoms with E-state index in [0.29, 0.717) is 5.39 Å². The van der Waals surface area contributed by atoms with Crippen LogP contribution in [0.1, 0.15) is 18.9 Å². The van der Waals surface area contributed by atoms with Gasteiger partial charge in [0, 0.05) is 18.0 Å². The lowest BCUT2D eigenvalue weighted by Crippen LogP contribution is -2.38. The summed E-state index contributed by atoms with van der Waals surface area (Å²) in [6.45, 7) is 1.60. The summed E-state index contributed by atoms with van der Waals surface area (Å²) in [6.07, 6.45) is 6.64. The van der Waals surface area contributed by atoms with E-state index in [4.69, 9.17) is 5.26 Å². The van der Waals surface area contributed by atoms with Gasteiger partial charge in [-0.05, 0) is 29.6 Å². The van der Waals surface area contributed by atoms with Crippen molar-refractivity contribution in [3.8, 4) is 6.07 Å². The smallest absolute Gasteiger partial charge is 0.241 e.